The van der Waals surface area contributed by atoms with Gasteiger partial charge in [0.2, 0.25) is 5.91 Å². The monoisotopic (exact) mass is 552 g/mol. The highest BCUT2D eigenvalue weighted by Crippen LogP contribution is 2.37. The van der Waals surface area contributed by atoms with Gasteiger partial charge >= 0.3 is 0 Å². The average Bonchev–Trinajstić information content (AvgIpc) is 3.64. The van der Waals surface area contributed by atoms with Gasteiger partial charge in [-0.05, 0) is 84.1 Å². The van der Waals surface area contributed by atoms with E-state index in [0.717, 1.165) is 53.5 Å². The van der Waals surface area contributed by atoms with Crippen molar-refractivity contribution in [2.24, 2.45) is 0 Å². The Morgan fingerprint density at radius 2 is 1.62 bits per heavy atom. The Balaban J connectivity index is 1.40. The molecule has 1 aliphatic rings. The summed E-state index contributed by atoms with van der Waals surface area (Å²) in [4.78, 5) is 15.5. The maximum Gasteiger partial charge on any atom is 0.223 e. The van der Waals surface area contributed by atoms with E-state index in [9.17, 15) is 9.18 Å². The lowest BCUT2D eigenvalue weighted by Crippen LogP contribution is -2.29. The third kappa shape index (κ3) is 5.75. The molecule has 1 aliphatic heterocycles. The van der Waals surface area contributed by atoms with Gasteiger partial charge < -0.3 is 14.2 Å². The Morgan fingerprint density at radius 1 is 0.875 bits per heavy atom. The molecule has 0 unspecified atom stereocenters. The normalized spacial score (nSPS) is 14.0. The number of aromatic nitrogens is 1. The fraction of sp³-hybridized carbons (Fsp3) is 0.206. The van der Waals surface area contributed by atoms with Gasteiger partial charge in [0.05, 0.1) is 0 Å². The third-order valence-electron chi connectivity index (χ3n) is 7.61. The molecule has 5 aromatic rings. The molecule has 4 aromatic carbocycles. The molecule has 1 fully saturated rings. The summed E-state index contributed by atoms with van der Waals surface area (Å²) >= 11 is 6.05. The highest BCUT2D eigenvalue weighted by Gasteiger charge is 2.27. The predicted octanol–water partition coefficient (Wildman–Crippen LogP) is 8.42. The molecule has 1 atom stereocenters. The molecule has 6 heteroatoms. The molecular weight excluding hydrogens is 523 g/mol. The van der Waals surface area contributed by atoms with Gasteiger partial charge in [-0.1, -0.05) is 54.1 Å². The fourth-order valence-corrected chi connectivity index (χ4v) is 5.71. The summed E-state index contributed by atoms with van der Waals surface area (Å²) in [6.45, 7) is 2.24. The van der Waals surface area contributed by atoms with Crippen molar-refractivity contribution in [1.29, 1.82) is 0 Å². The summed E-state index contributed by atoms with van der Waals surface area (Å²) in [5, 5.41) is 1.76. The Hall–Kier alpha value is -4.09. The van der Waals surface area contributed by atoms with Crippen molar-refractivity contribution in [3.8, 4) is 11.5 Å². The van der Waals surface area contributed by atoms with Crippen LogP contribution in [0, 0.1) is 5.82 Å². The molecule has 0 aliphatic carbocycles. The van der Waals surface area contributed by atoms with Gasteiger partial charge in [-0.25, -0.2) is 4.39 Å². The van der Waals surface area contributed by atoms with E-state index in [1.54, 1.807) is 12.1 Å². The van der Waals surface area contributed by atoms with Crippen molar-refractivity contribution < 1.29 is 13.9 Å². The number of carbonyl (C=O) groups excluding carboxylic acids is 1. The van der Waals surface area contributed by atoms with Crippen LogP contribution in [0.3, 0.4) is 0 Å². The zero-order valence-corrected chi connectivity index (χ0v) is 22.9. The molecular formula is C34H30ClFN2O2. The Bertz CT molecular complexity index is 1620. The lowest BCUT2D eigenvalue weighted by molar-refractivity contribution is -0.130. The summed E-state index contributed by atoms with van der Waals surface area (Å²) in [6, 6.07) is 30.2. The number of nitrogens with zero attached hydrogens (tertiary/aromatic N) is 2. The largest absolute Gasteiger partial charge is 0.457 e. The number of hydrogen-bond donors (Lipinski definition) is 0. The Labute approximate surface area is 238 Å². The lowest BCUT2D eigenvalue weighted by Gasteiger charge is -2.22. The first-order valence-corrected chi connectivity index (χ1v) is 14.0. The van der Waals surface area contributed by atoms with Crippen molar-refractivity contribution in [3.05, 3.63) is 131 Å². The SMILES string of the molecule is O=C(C[C@@H](c1cccc(Oc2ccc(Cl)cc2)c1)c1cn(Cc2ccc(F)cc2)c2ccccc12)N1CCCC1. The van der Waals surface area contributed by atoms with Gasteiger partial charge in [0.15, 0.2) is 0 Å². The number of benzene rings is 4. The second-order valence-electron chi connectivity index (χ2n) is 10.3. The second kappa shape index (κ2) is 11.6. The van der Waals surface area contributed by atoms with Crippen LogP contribution in [0.4, 0.5) is 4.39 Å². The number of fused-ring (bicyclic) bond motifs is 1. The molecule has 2 heterocycles. The maximum absolute atomic E-state index is 13.6. The van der Waals surface area contributed by atoms with E-state index in [-0.39, 0.29) is 17.6 Å². The minimum Gasteiger partial charge on any atom is -0.457 e. The van der Waals surface area contributed by atoms with Crippen LogP contribution < -0.4 is 4.74 Å². The zero-order valence-electron chi connectivity index (χ0n) is 22.1. The summed E-state index contributed by atoms with van der Waals surface area (Å²) in [7, 11) is 0. The van der Waals surface area contributed by atoms with E-state index in [1.807, 2.05) is 59.5 Å². The first kappa shape index (κ1) is 26.1. The maximum atomic E-state index is 13.6. The summed E-state index contributed by atoms with van der Waals surface area (Å²) in [5.74, 6) is 1.15. The predicted molar refractivity (Wildman–Crippen MR) is 158 cm³/mol. The van der Waals surface area contributed by atoms with Gasteiger partial charge in [0.1, 0.15) is 17.3 Å². The minimum absolute atomic E-state index is 0.166. The smallest absolute Gasteiger partial charge is 0.223 e. The van der Waals surface area contributed by atoms with Crippen molar-refractivity contribution >= 4 is 28.4 Å². The van der Waals surface area contributed by atoms with Crippen molar-refractivity contribution in [3.63, 3.8) is 0 Å². The number of ether oxygens (including phenoxy) is 1. The molecule has 0 spiro atoms. The quantitative estimate of drug-likeness (QED) is 0.194. The number of para-hydroxylation sites is 1. The number of carbonyl (C=O) groups is 1. The molecule has 0 N–H and O–H groups in total. The summed E-state index contributed by atoms with van der Waals surface area (Å²) < 4.78 is 21.9. The van der Waals surface area contributed by atoms with Gasteiger partial charge in [-0.3, -0.25) is 4.79 Å². The van der Waals surface area contributed by atoms with E-state index in [0.29, 0.717) is 29.5 Å². The summed E-state index contributed by atoms with van der Waals surface area (Å²) in [5.41, 5.74) is 4.20. The topological polar surface area (TPSA) is 34.5 Å². The standard InChI is InChI=1S/C34H30ClFN2O2/c35-26-12-16-28(17-13-26)40-29-7-5-6-25(20-29)31(21-34(39)37-18-3-4-19-37)32-23-38(33-9-2-1-8-30(32)33)22-24-10-14-27(36)15-11-24/h1-2,5-17,20,23,31H,3-4,18-19,21-22H2/t31-/m0/s1. The van der Waals surface area contributed by atoms with E-state index in [1.165, 1.54) is 12.1 Å². The number of likely N-dealkylation sites (tertiary alicyclic amines) is 1. The first-order chi connectivity index (χ1) is 19.5. The van der Waals surface area contributed by atoms with Crippen molar-refractivity contribution in [2.75, 3.05) is 13.1 Å². The van der Waals surface area contributed by atoms with Crippen LogP contribution in [0.1, 0.15) is 41.9 Å². The molecule has 1 amide bonds. The van der Waals surface area contributed by atoms with E-state index < -0.39 is 0 Å². The Kier molecular flexibility index (Phi) is 7.56. The zero-order chi connectivity index (χ0) is 27.5. The molecule has 0 radical (unpaired) electrons. The number of hydrogen-bond acceptors (Lipinski definition) is 2. The van der Waals surface area contributed by atoms with Gasteiger partial charge in [0.25, 0.3) is 0 Å². The molecule has 4 nitrogen and oxygen atoms in total. The van der Waals surface area contributed by atoms with E-state index >= 15 is 0 Å². The Morgan fingerprint density at radius 3 is 2.40 bits per heavy atom. The lowest BCUT2D eigenvalue weighted by atomic mass is 9.87. The van der Waals surface area contributed by atoms with E-state index in [2.05, 4.69) is 29.0 Å². The van der Waals surface area contributed by atoms with Crippen LogP contribution in [-0.2, 0) is 11.3 Å². The van der Waals surface area contributed by atoms with Crippen LogP contribution >= 0.6 is 11.6 Å². The average molecular weight is 553 g/mol. The highest BCUT2D eigenvalue weighted by molar-refractivity contribution is 6.30. The van der Waals surface area contributed by atoms with Crippen LogP contribution in [0.5, 0.6) is 11.5 Å². The van der Waals surface area contributed by atoms with Gasteiger partial charge in [0, 0.05) is 54.1 Å². The molecule has 40 heavy (non-hydrogen) atoms. The van der Waals surface area contributed by atoms with Crippen LogP contribution in [-0.4, -0.2) is 28.5 Å². The molecule has 202 valence electrons. The van der Waals surface area contributed by atoms with Crippen LogP contribution in [0.25, 0.3) is 10.9 Å². The highest BCUT2D eigenvalue weighted by atomic mass is 35.5. The minimum atomic E-state index is -0.247. The fourth-order valence-electron chi connectivity index (χ4n) is 5.58. The molecule has 1 aromatic heterocycles. The molecule has 6 rings (SSSR count). The van der Waals surface area contributed by atoms with Crippen molar-refractivity contribution in [1.82, 2.24) is 9.47 Å². The number of halogens is 2. The second-order valence-corrected chi connectivity index (χ2v) is 10.8. The van der Waals surface area contributed by atoms with Crippen molar-refractivity contribution in [2.45, 2.75) is 31.7 Å². The van der Waals surface area contributed by atoms with Gasteiger partial charge in [-0.2, -0.15) is 0 Å². The van der Waals surface area contributed by atoms with Crippen LogP contribution in [0.15, 0.2) is 103 Å². The number of amides is 1. The van der Waals surface area contributed by atoms with E-state index in [4.69, 9.17) is 16.3 Å². The third-order valence-corrected chi connectivity index (χ3v) is 7.86. The van der Waals surface area contributed by atoms with Crippen LogP contribution in [0.2, 0.25) is 5.02 Å². The summed E-state index contributed by atoms with van der Waals surface area (Å²) in [6.07, 6.45) is 4.63. The molecule has 0 bridgehead atoms. The molecule has 1 saturated heterocycles. The number of rotatable bonds is 8. The molecule has 0 saturated carbocycles. The first-order valence-electron chi connectivity index (χ1n) is 13.7. The van der Waals surface area contributed by atoms with Gasteiger partial charge in [-0.15, -0.1) is 0 Å².